The lowest BCUT2D eigenvalue weighted by molar-refractivity contribution is 0.252. The zero-order chi connectivity index (χ0) is 17.8. The minimum Gasteiger partial charge on any atom is -0.495 e. The molecule has 0 radical (unpaired) electrons. The first-order valence-electron chi connectivity index (χ1n) is 8.84. The second kappa shape index (κ2) is 7.91. The average molecular weight is 359 g/mol. The van der Waals surface area contributed by atoms with E-state index in [0.29, 0.717) is 18.0 Å². The second-order valence-corrected chi connectivity index (χ2v) is 7.81. The molecule has 2 amide bonds. The Hall–Kier alpha value is -2.01. The number of aryl methyl sites for hydroxylation is 1. The van der Waals surface area contributed by atoms with Crippen LogP contribution in [0, 0.1) is 12.8 Å². The summed E-state index contributed by atoms with van der Waals surface area (Å²) in [6.07, 6.45) is 4.56. The molecule has 4 nitrogen and oxygen atoms in total. The van der Waals surface area contributed by atoms with Gasteiger partial charge in [0.2, 0.25) is 0 Å². The Morgan fingerprint density at radius 2 is 2.24 bits per heavy atom. The Morgan fingerprint density at radius 3 is 3.04 bits per heavy atom. The molecule has 0 bridgehead atoms. The molecule has 0 fully saturated rings. The van der Waals surface area contributed by atoms with Crippen LogP contribution in [0.4, 0.5) is 10.5 Å². The summed E-state index contributed by atoms with van der Waals surface area (Å²) in [6.45, 7) is 4.95. The Kier molecular flexibility index (Phi) is 5.63. The number of carbonyl (C=O) groups excluding carboxylic acids is 1. The van der Waals surface area contributed by atoms with Gasteiger partial charge < -0.3 is 15.4 Å². The number of hydrogen-bond donors (Lipinski definition) is 2. The van der Waals surface area contributed by atoms with Crippen LogP contribution >= 0.6 is 11.3 Å². The molecule has 2 aromatic rings. The van der Waals surface area contributed by atoms with Crippen molar-refractivity contribution in [2.45, 2.75) is 39.5 Å². The summed E-state index contributed by atoms with van der Waals surface area (Å²) >= 11 is 1.88. The Bertz CT molecular complexity index is 754. The van der Waals surface area contributed by atoms with Crippen LogP contribution in [-0.4, -0.2) is 19.7 Å². The van der Waals surface area contributed by atoms with Crippen molar-refractivity contribution in [1.29, 1.82) is 0 Å². The quantitative estimate of drug-likeness (QED) is 0.823. The number of hydrogen-bond acceptors (Lipinski definition) is 3. The standard InChI is InChI=1S/C20H26N2O2S/c1-13-5-7-18(24-3)17(10-13)22-20(23)21-9-8-15-12-25-19-11-14(2)4-6-16(15)19/h5,7,10,12,14H,4,6,8-9,11H2,1-3H3,(H2,21,22,23). The van der Waals surface area contributed by atoms with Gasteiger partial charge in [-0.2, -0.15) is 0 Å². The van der Waals surface area contributed by atoms with Crippen LogP contribution in [0.25, 0.3) is 0 Å². The van der Waals surface area contributed by atoms with Crippen LogP contribution in [0.1, 0.15) is 34.9 Å². The number of benzene rings is 1. The Morgan fingerprint density at radius 1 is 1.40 bits per heavy atom. The SMILES string of the molecule is COc1ccc(C)cc1NC(=O)NCCc1csc2c1CCC(C)C2. The summed E-state index contributed by atoms with van der Waals surface area (Å²) in [7, 11) is 1.61. The highest BCUT2D eigenvalue weighted by Gasteiger charge is 2.19. The predicted molar refractivity (Wildman–Crippen MR) is 104 cm³/mol. The molecule has 2 N–H and O–H groups in total. The molecular weight excluding hydrogens is 332 g/mol. The molecule has 1 aliphatic carbocycles. The molecule has 3 rings (SSSR count). The molecule has 1 aliphatic rings. The third kappa shape index (κ3) is 4.34. The molecule has 25 heavy (non-hydrogen) atoms. The van der Waals surface area contributed by atoms with Crippen molar-refractivity contribution >= 4 is 23.1 Å². The summed E-state index contributed by atoms with van der Waals surface area (Å²) in [4.78, 5) is 13.7. The number of carbonyl (C=O) groups is 1. The van der Waals surface area contributed by atoms with E-state index in [9.17, 15) is 4.79 Å². The average Bonchev–Trinajstić information content (AvgIpc) is 2.97. The molecule has 1 aromatic heterocycles. The largest absolute Gasteiger partial charge is 0.495 e. The van der Waals surface area contributed by atoms with Gasteiger partial charge in [0.05, 0.1) is 12.8 Å². The maximum absolute atomic E-state index is 12.2. The fourth-order valence-electron chi connectivity index (χ4n) is 3.35. The van der Waals surface area contributed by atoms with E-state index in [1.807, 2.05) is 36.5 Å². The first kappa shape index (κ1) is 17.8. The fraction of sp³-hybridized carbons (Fsp3) is 0.450. The second-order valence-electron chi connectivity index (χ2n) is 6.85. The number of anilines is 1. The van der Waals surface area contributed by atoms with Crippen LogP contribution in [0.3, 0.4) is 0 Å². The van der Waals surface area contributed by atoms with Gasteiger partial charge in [0.15, 0.2) is 0 Å². The number of fused-ring (bicyclic) bond motifs is 1. The molecule has 1 aromatic carbocycles. The van der Waals surface area contributed by atoms with Crippen LogP contribution < -0.4 is 15.4 Å². The molecule has 134 valence electrons. The fourth-order valence-corrected chi connectivity index (χ4v) is 4.65. The van der Waals surface area contributed by atoms with E-state index in [-0.39, 0.29) is 6.03 Å². The number of thiophene rings is 1. The number of rotatable bonds is 5. The van der Waals surface area contributed by atoms with E-state index >= 15 is 0 Å². The van der Waals surface area contributed by atoms with Gasteiger partial charge in [-0.05, 0) is 72.7 Å². The van der Waals surface area contributed by atoms with E-state index in [1.165, 1.54) is 30.4 Å². The molecule has 0 saturated heterocycles. The highest BCUT2D eigenvalue weighted by Crippen LogP contribution is 2.33. The minimum absolute atomic E-state index is 0.193. The maximum atomic E-state index is 12.2. The van der Waals surface area contributed by atoms with E-state index < -0.39 is 0 Å². The Labute approximate surface area is 153 Å². The van der Waals surface area contributed by atoms with Crippen LogP contribution in [0.2, 0.25) is 0 Å². The van der Waals surface area contributed by atoms with Crippen molar-refractivity contribution in [2.75, 3.05) is 19.0 Å². The summed E-state index contributed by atoms with van der Waals surface area (Å²) < 4.78 is 5.29. The number of urea groups is 1. The lowest BCUT2D eigenvalue weighted by Gasteiger charge is -2.19. The van der Waals surface area contributed by atoms with E-state index in [0.717, 1.165) is 17.9 Å². The highest BCUT2D eigenvalue weighted by molar-refractivity contribution is 7.10. The lowest BCUT2D eigenvalue weighted by Crippen LogP contribution is -2.30. The van der Waals surface area contributed by atoms with Gasteiger partial charge in [-0.3, -0.25) is 0 Å². The van der Waals surface area contributed by atoms with Gasteiger partial charge in [0, 0.05) is 11.4 Å². The molecule has 0 spiro atoms. The molecule has 0 aliphatic heterocycles. The highest BCUT2D eigenvalue weighted by atomic mass is 32.1. The van der Waals surface area contributed by atoms with Crippen molar-refractivity contribution in [1.82, 2.24) is 5.32 Å². The normalized spacial score (nSPS) is 16.2. The maximum Gasteiger partial charge on any atom is 0.319 e. The summed E-state index contributed by atoms with van der Waals surface area (Å²) in [5.41, 5.74) is 4.71. The number of methoxy groups -OCH3 is 1. The molecule has 1 unspecified atom stereocenters. The van der Waals surface area contributed by atoms with Gasteiger partial charge in [-0.1, -0.05) is 13.0 Å². The number of nitrogens with one attached hydrogen (secondary N) is 2. The molecular formula is C20H26N2O2S. The monoisotopic (exact) mass is 358 g/mol. The van der Waals surface area contributed by atoms with Gasteiger partial charge in [-0.15, -0.1) is 11.3 Å². The molecule has 1 atom stereocenters. The van der Waals surface area contributed by atoms with E-state index in [4.69, 9.17) is 4.74 Å². The van der Waals surface area contributed by atoms with Crippen molar-refractivity contribution < 1.29 is 9.53 Å². The van der Waals surface area contributed by atoms with E-state index in [1.54, 1.807) is 12.0 Å². The first-order valence-corrected chi connectivity index (χ1v) is 9.72. The zero-order valence-electron chi connectivity index (χ0n) is 15.1. The van der Waals surface area contributed by atoms with Crippen LogP contribution in [0.15, 0.2) is 23.6 Å². The summed E-state index contributed by atoms with van der Waals surface area (Å²) in [5.74, 6) is 1.47. The molecule has 0 saturated carbocycles. The molecule has 1 heterocycles. The van der Waals surface area contributed by atoms with Gasteiger partial charge in [-0.25, -0.2) is 4.79 Å². The van der Waals surface area contributed by atoms with Crippen molar-refractivity contribution in [3.8, 4) is 5.75 Å². The first-order chi connectivity index (χ1) is 12.1. The number of ether oxygens (including phenoxy) is 1. The lowest BCUT2D eigenvalue weighted by atomic mass is 9.88. The van der Waals surface area contributed by atoms with Gasteiger partial charge >= 0.3 is 6.03 Å². The Balaban J connectivity index is 1.53. The molecule has 5 heteroatoms. The zero-order valence-corrected chi connectivity index (χ0v) is 16.0. The number of amides is 2. The van der Waals surface area contributed by atoms with Crippen molar-refractivity contribution in [3.63, 3.8) is 0 Å². The van der Waals surface area contributed by atoms with Crippen LogP contribution in [0.5, 0.6) is 5.75 Å². The smallest absolute Gasteiger partial charge is 0.319 e. The van der Waals surface area contributed by atoms with Gasteiger partial charge in [0.1, 0.15) is 5.75 Å². The summed E-state index contributed by atoms with van der Waals surface area (Å²) in [5, 5.41) is 8.10. The minimum atomic E-state index is -0.193. The van der Waals surface area contributed by atoms with Crippen LogP contribution in [-0.2, 0) is 19.3 Å². The third-order valence-corrected chi connectivity index (χ3v) is 5.87. The van der Waals surface area contributed by atoms with Gasteiger partial charge in [0.25, 0.3) is 0 Å². The van der Waals surface area contributed by atoms with E-state index in [2.05, 4.69) is 22.9 Å². The van der Waals surface area contributed by atoms with Crippen molar-refractivity contribution in [3.05, 3.63) is 45.1 Å². The predicted octanol–water partition coefficient (Wildman–Crippen LogP) is 4.55. The van der Waals surface area contributed by atoms with Crippen molar-refractivity contribution in [2.24, 2.45) is 5.92 Å². The summed E-state index contributed by atoms with van der Waals surface area (Å²) in [6, 6.07) is 5.54. The third-order valence-electron chi connectivity index (χ3n) is 4.77. The topological polar surface area (TPSA) is 50.4 Å².